The van der Waals surface area contributed by atoms with Crippen LogP contribution in [0.2, 0.25) is 0 Å². The number of benzene rings is 1. The Balaban J connectivity index is 1.80. The van der Waals surface area contributed by atoms with Gasteiger partial charge in [-0.25, -0.2) is 4.79 Å². The second-order valence-corrected chi connectivity index (χ2v) is 7.55. The van der Waals surface area contributed by atoms with Gasteiger partial charge in [-0.2, -0.15) is 0 Å². The van der Waals surface area contributed by atoms with E-state index < -0.39 is 11.7 Å². The zero-order chi connectivity index (χ0) is 17.7. The van der Waals surface area contributed by atoms with Crippen molar-refractivity contribution in [3.05, 3.63) is 35.9 Å². The van der Waals surface area contributed by atoms with Crippen LogP contribution in [0.4, 0.5) is 4.79 Å². The first kappa shape index (κ1) is 18.7. The number of amides is 1. The van der Waals surface area contributed by atoms with Crippen molar-refractivity contribution < 1.29 is 14.6 Å². The summed E-state index contributed by atoms with van der Waals surface area (Å²) in [7, 11) is 1.81. The zero-order valence-electron chi connectivity index (χ0n) is 15.2. The fourth-order valence-electron chi connectivity index (χ4n) is 3.00. The molecule has 0 bridgehead atoms. The van der Waals surface area contributed by atoms with Crippen LogP contribution in [0, 0.1) is 0 Å². The number of hydrogen-bond acceptors (Lipinski definition) is 4. The van der Waals surface area contributed by atoms with Crippen molar-refractivity contribution >= 4 is 6.09 Å². The highest BCUT2D eigenvalue weighted by molar-refractivity contribution is 5.68. The molecule has 2 rings (SSSR count). The van der Waals surface area contributed by atoms with E-state index in [0.717, 1.165) is 31.5 Å². The van der Waals surface area contributed by atoms with Gasteiger partial charge in [0, 0.05) is 32.7 Å². The van der Waals surface area contributed by atoms with E-state index in [4.69, 9.17) is 4.74 Å². The summed E-state index contributed by atoms with van der Waals surface area (Å²) >= 11 is 0. The molecule has 1 fully saturated rings. The quantitative estimate of drug-likeness (QED) is 0.919. The Morgan fingerprint density at radius 3 is 2.42 bits per heavy atom. The largest absolute Gasteiger partial charge is 0.444 e. The lowest BCUT2D eigenvalue weighted by atomic mass is 10.0. The molecule has 1 N–H and O–H groups in total. The number of aliphatic hydroxyl groups excluding tert-OH is 1. The van der Waals surface area contributed by atoms with Gasteiger partial charge in [0.15, 0.2) is 0 Å². The SMILES string of the molecule is CN(C(=O)OC(C)(C)C)C1CCN(C[C@@H](O)c2ccccc2)CC1. The monoisotopic (exact) mass is 334 g/mol. The number of piperidine rings is 1. The number of rotatable bonds is 4. The molecule has 1 aromatic rings. The molecule has 5 nitrogen and oxygen atoms in total. The van der Waals surface area contributed by atoms with Crippen LogP contribution in [-0.2, 0) is 4.74 Å². The van der Waals surface area contributed by atoms with Gasteiger partial charge >= 0.3 is 6.09 Å². The fraction of sp³-hybridized carbons (Fsp3) is 0.632. The molecule has 0 aromatic heterocycles. The van der Waals surface area contributed by atoms with E-state index >= 15 is 0 Å². The maximum atomic E-state index is 12.2. The molecule has 1 saturated heterocycles. The van der Waals surface area contributed by atoms with Crippen molar-refractivity contribution in [3.8, 4) is 0 Å². The highest BCUT2D eigenvalue weighted by Crippen LogP contribution is 2.21. The minimum absolute atomic E-state index is 0.199. The molecular weight excluding hydrogens is 304 g/mol. The van der Waals surface area contributed by atoms with Crippen molar-refractivity contribution in [3.63, 3.8) is 0 Å². The average molecular weight is 334 g/mol. The lowest BCUT2D eigenvalue weighted by molar-refractivity contribution is 0.0124. The number of aliphatic hydroxyl groups is 1. The van der Waals surface area contributed by atoms with Crippen LogP contribution in [0.3, 0.4) is 0 Å². The van der Waals surface area contributed by atoms with E-state index in [-0.39, 0.29) is 12.1 Å². The maximum Gasteiger partial charge on any atom is 0.410 e. The average Bonchev–Trinajstić information content (AvgIpc) is 2.54. The van der Waals surface area contributed by atoms with Gasteiger partial charge in [-0.3, -0.25) is 0 Å². The van der Waals surface area contributed by atoms with Gasteiger partial charge in [-0.05, 0) is 39.2 Å². The molecule has 0 spiro atoms. The minimum atomic E-state index is -0.466. The second kappa shape index (κ2) is 7.99. The molecule has 0 unspecified atom stereocenters. The molecule has 0 saturated carbocycles. The van der Waals surface area contributed by atoms with Gasteiger partial charge in [-0.1, -0.05) is 30.3 Å². The minimum Gasteiger partial charge on any atom is -0.444 e. The van der Waals surface area contributed by atoms with Crippen molar-refractivity contribution in [1.29, 1.82) is 0 Å². The summed E-state index contributed by atoms with van der Waals surface area (Å²) < 4.78 is 5.44. The van der Waals surface area contributed by atoms with Gasteiger partial charge in [0.1, 0.15) is 5.60 Å². The van der Waals surface area contributed by atoms with E-state index in [1.165, 1.54) is 0 Å². The van der Waals surface area contributed by atoms with Crippen LogP contribution < -0.4 is 0 Å². The third kappa shape index (κ3) is 5.49. The number of likely N-dealkylation sites (tertiary alicyclic amines) is 1. The summed E-state index contributed by atoms with van der Waals surface area (Å²) in [4.78, 5) is 16.1. The molecule has 1 amide bonds. The predicted molar refractivity (Wildman–Crippen MR) is 94.9 cm³/mol. The lowest BCUT2D eigenvalue weighted by Gasteiger charge is -2.37. The molecule has 1 heterocycles. The van der Waals surface area contributed by atoms with E-state index in [1.54, 1.807) is 4.90 Å². The summed E-state index contributed by atoms with van der Waals surface area (Å²) in [6.45, 7) is 8.03. The summed E-state index contributed by atoms with van der Waals surface area (Å²) in [6.07, 6.45) is 1.07. The van der Waals surface area contributed by atoms with Gasteiger partial charge in [0.05, 0.1) is 6.10 Å². The van der Waals surface area contributed by atoms with Crippen LogP contribution >= 0.6 is 0 Å². The number of hydrogen-bond donors (Lipinski definition) is 1. The van der Waals surface area contributed by atoms with E-state index in [0.29, 0.717) is 6.54 Å². The molecule has 0 radical (unpaired) electrons. The molecular formula is C19H30N2O3. The Kier molecular flexibility index (Phi) is 6.24. The van der Waals surface area contributed by atoms with Crippen molar-refractivity contribution in [1.82, 2.24) is 9.80 Å². The van der Waals surface area contributed by atoms with Gasteiger partial charge in [0.25, 0.3) is 0 Å². The first-order valence-corrected chi connectivity index (χ1v) is 8.67. The normalized spacial score (nSPS) is 18.2. The first-order valence-electron chi connectivity index (χ1n) is 8.67. The summed E-state index contributed by atoms with van der Waals surface area (Å²) in [5, 5.41) is 10.3. The number of ether oxygens (including phenoxy) is 1. The molecule has 24 heavy (non-hydrogen) atoms. The number of carbonyl (C=O) groups excluding carboxylic acids is 1. The van der Waals surface area contributed by atoms with E-state index in [9.17, 15) is 9.90 Å². The summed E-state index contributed by atoms with van der Waals surface area (Å²) in [5.74, 6) is 0. The molecule has 1 aliphatic rings. The number of nitrogens with zero attached hydrogens (tertiary/aromatic N) is 2. The van der Waals surface area contributed by atoms with Crippen molar-refractivity contribution in [2.45, 2.75) is 51.4 Å². The Morgan fingerprint density at radius 1 is 1.29 bits per heavy atom. The lowest BCUT2D eigenvalue weighted by Crippen LogP contribution is -2.47. The first-order chi connectivity index (χ1) is 11.3. The molecule has 1 atom stereocenters. The highest BCUT2D eigenvalue weighted by atomic mass is 16.6. The Hall–Kier alpha value is -1.59. The smallest absolute Gasteiger partial charge is 0.410 e. The van der Waals surface area contributed by atoms with Crippen LogP contribution in [0.15, 0.2) is 30.3 Å². The summed E-state index contributed by atoms with van der Waals surface area (Å²) in [6, 6.07) is 9.95. The number of β-amino-alcohol motifs (C(OH)–C–C–N with tert-alkyl or cyclic N) is 1. The van der Waals surface area contributed by atoms with Crippen LogP contribution in [-0.4, -0.2) is 59.3 Å². The third-order valence-electron chi connectivity index (χ3n) is 4.40. The van der Waals surface area contributed by atoms with Crippen LogP contribution in [0.25, 0.3) is 0 Å². The third-order valence-corrected chi connectivity index (χ3v) is 4.40. The van der Waals surface area contributed by atoms with E-state index in [1.807, 2.05) is 58.2 Å². The van der Waals surface area contributed by atoms with Crippen LogP contribution in [0.1, 0.15) is 45.3 Å². The molecule has 1 aliphatic heterocycles. The topological polar surface area (TPSA) is 53.0 Å². The molecule has 1 aromatic carbocycles. The highest BCUT2D eigenvalue weighted by Gasteiger charge is 2.29. The van der Waals surface area contributed by atoms with Gasteiger partial charge in [-0.15, -0.1) is 0 Å². The Morgan fingerprint density at radius 2 is 1.88 bits per heavy atom. The number of carbonyl (C=O) groups is 1. The standard InChI is InChI=1S/C19H30N2O3/c1-19(2,3)24-18(23)20(4)16-10-12-21(13-11-16)14-17(22)15-8-6-5-7-9-15/h5-9,16-17,22H,10-14H2,1-4H3/t17-/m1/s1. The van der Waals surface area contributed by atoms with Gasteiger partial charge in [0.2, 0.25) is 0 Å². The van der Waals surface area contributed by atoms with Crippen molar-refractivity contribution in [2.24, 2.45) is 0 Å². The fourth-order valence-corrected chi connectivity index (χ4v) is 3.00. The van der Waals surface area contributed by atoms with E-state index in [2.05, 4.69) is 4.90 Å². The zero-order valence-corrected chi connectivity index (χ0v) is 15.2. The Bertz CT molecular complexity index is 519. The molecule has 5 heteroatoms. The molecule has 0 aliphatic carbocycles. The maximum absolute atomic E-state index is 12.2. The predicted octanol–water partition coefficient (Wildman–Crippen LogP) is 3.05. The van der Waals surface area contributed by atoms with Crippen molar-refractivity contribution in [2.75, 3.05) is 26.7 Å². The van der Waals surface area contributed by atoms with Crippen LogP contribution in [0.5, 0.6) is 0 Å². The Labute approximate surface area is 145 Å². The second-order valence-electron chi connectivity index (χ2n) is 7.55. The van der Waals surface area contributed by atoms with Gasteiger partial charge < -0.3 is 19.6 Å². The molecule has 134 valence electrons. The summed E-state index contributed by atoms with van der Waals surface area (Å²) in [5.41, 5.74) is 0.483.